The first-order chi connectivity index (χ1) is 11.5. The zero-order chi connectivity index (χ0) is 17.2. The van der Waals surface area contributed by atoms with Gasteiger partial charge in [0.1, 0.15) is 5.69 Å². The first-order valence-corrected chi connectivity index (χ1v) is 10.6. The highest BCUT2D eigenvalue weighted by molar-refractivity contribution is 7.89. The van der Waals surface area contributed by atoms with Gasteiger partial charge in [-0.05, 0) is 36.8 Å². The number of hydrogen-bond acceptors (Lipinski definition) is 5. The van der Waals surface area contributed by atoms with Crippen LogP contribution in [0.3, 0.4) is 0 Å². The Morgan fingerprint density at radius 2 is 2.17 bits per heavy atom. The predicted octanol–water partition coefficient (Wildman–Crippen LogP) is 2.18. The Kier molecular flexibility index (Phi) is 5.17. The lowest BCUT2D eigenvalue weighted by molar-refractivity contribution is 0.335. The second-order valence-corrected chi connectivity index (χ2v) is 8.93. The highest BCUT2D eigenvalue weighted by Gasteiger charge is 2.34. The summed E-state index contributed by atoms with van der Waals surface area (Å²) in [5.74, 6) is 0.154. The average Bonchev–Trinajstić information content (AvgIpc) is 3.21. The minimum absolute atomic E-state index is 0.154. The van der Waals surface area contributed by atoms with Crippen LogP contribution >= 0.6 is 11.3 Å². The minimum Gasteiger partial charge on any atom is -0.268 e. The van der Waals surface area contributed by atoms with E-state index in [1.54, 1.807) is 21.7 Å². The summed E-state index contributed by atoms with van der Waals surface area (Å²) in [7, 11) is -3.25. The summed E-state index contributed by atoms with van der Waals surface area (Å²) in [4.78, 5) is 13.1. The maximum absolute atomic E-state index is 12.4. The van der Waals surface area contributed by atoms with Crippen molar-refractivity contribution in [2.24, 2.45) is 0 Å². The van der Waals surface area contributed by atoms with E-state index in [-0.39, 0.29) is 17.4 Å². The van der Waals surface area contributed by atoms with E-state index in [2.05, 4.69) is 5.10 Å². The molecule has 0 spiro atoms. The van der Waals surface area contributed by atoms with Crippen molar-refractivity contribution in [1.29, 1.82) is 0 Å². The van der Waals surface area contributed by atoms with Crippen molar-refractivity contribution in [3.63, 3.8) is 0 Å². The molecule has 1 atom stereocenters. The fourth-order valence-electron chi connectivity index (χ4n) is 3.07. The van der Waals surface area contributed by atoms with Crippen LogP contribution in [0.25, 0.3) is 10.6 Å². The monoisotopic (exact) mass is 367 g/mol. The third-order valence-corrected chi connectivity index (χ3v) is 7.18. The number of thiophene rings is 1. The molecule has 3 rings (SSSR count). The van der Waals surface area contributed by atoms with E-state index in [0.717, 1.165) is 23.4 Å². The van der Waals surface area contributed by atoms with E-state index >= 15 is 0 Å². The van der Waals surface area contributed by atoms with Gasteiger partial charge in [-0.2, -0.15) is 9.40 Å². The number of sulfonamides is 1. The Bertz CT molecular complexity index is 844. The van der Waals surface area contributed by atoms with E-state index in [1.165, 1.54) is 10.7 Å². The molecule has 0 aliphatic carbocycles. The van der Waals surface area contributed by atoms with Crippen LogP contribution in [0.4, 0.5) is 0 Å². The average molecular weight is 367 g/mol. The Morgan fingerprint density at radius 3 is 2.88 bits per heavy atom. The molecule has 0 bridgehead atoms. The van der Waals surface area contributed by atoms with Crippen molar-refractivity contribution in [3.05, 3.63) is 40.0 Å². The number of aromatic nitrogens is 2. The van der Waals surface area contributed by atoms with Gasteiger partial charge in [0, 0.05) is 18.7 Å². The van der Waals surface area contributed by atoms with Gasteiger partial charge < -0.3 is 0 Å². The van der Waals surface area contributed by atoms with Crippen LogP contribution in [0.15, 0.2) is 34.4 Å². The molecular formula is C16H21N3O3S2. The van der Waals surface area contributed by atoms with Gasteiger partial charge >= 0.3 is 0 Å². The molecule has 1 saturated heterocycles. The standard InChI is InChI=1S/C16H21N3O3S2/c1-2-11-24(21,22)19-9-3-5-13(19)12-18-16(20)8-7-14(17-18)15-6-4-10-23-15/h4,6-8,10,13H,2-3,5,9,11-12H2,1H3/t13-/m1/s1. The SMILES string of the molecule is CCCS(=O)(=O)N1CCC[C@@H]1Cn1nc(-c2cccs2)ccc1=O. The molecule has 2 aromatic heterocycles. The van der Waals surface area contributed by atoms with Gasteiger partial charge in [-0.1, -0.05) is 13.0 Å². The van der Waals surface area contributed by atoms with E-state index in [0.29, 0.717) is 19.5 Å². The molecule has 0 radical (unpaired) electrons. The van der Waals surface area contributed by atoms with Crippen molar-refractivity contribution in [1.82, 2.24) is 14.1 Å². The fourth-order valence-corrected chi connectivity index (χ4v) is 5.54. The van der Waals surface area contributed by atoms with Crippen molar-refractivity contribution in [2.45, 2.75) is 38.8 Å². The lowest BCUT2D eigenvalue weighted by Crippen LogP contribution is -2.41. The molecule has 6 nitrogen and oxygen atoms in total. The van der Waals surface area contributed by atoms with Crippen LogP contribution in [0, 0.1) is 0 Å². The first kappa shape index (κ1) is 17.3. The molecule has 1 aliphatic heterocycles. The summed E-state index contributed by atoms with van der Waals surface area (Å²) in [5.41, 5.74) is 0.542. The van der Waals surface area contributed by atoms with Gasteiger partial charge in [0.15, 0.2) is 0 Å². The predicted molar refractivity (Wildman–Crippen MR) is 95.6 cm³/mol. The van der Waals surface area contributed by atoms with Gasteiger partial charge in [-0.25, -0.2) is 13.1 Å². The lowest BCUT2D eigenvalue weighted by Gasteiger charge is -2.24. The Balaban J connectivity index is 1.85. The summed E-state index contributed by atoms with van der Waals surface area (Å²) >= 11 is 1.56. The minimum atomic E-state index is -3.25. The lowest BCUT2D eigenvalue weighted by atomic mass is 10.2. The van der Waals surface area contributed by atoms with Crippen molar-refractivity contribution in [2.75, 3.05) is 12.3 Å². The summed E-state index contributed by atoms with van der Waals surface area (Å²) in [6, 6.07) is 6.92. The highest BCUT2D eigenvalue weighted by Crippen LogP contribution is 2.24. The molecule has 3 heterocycles. The molecule has 130 valence electrons. The van der Waals surface area contributed by atoms with Gasteiger partial charge in [0.05, 0.1) is 17.2 Å². The zero-order valence-electron chi connectivity index (χ0n) is 13.6. The molecule has 2 aromatic rings. The summed E-state index contributed by atoms with van der Waals surface area (Å²) < 4.78 is 27.7. The molecule has 0 saturated carbocycles. The molecule has 0 N–H and O–H groups in total. The first-order valence-electron chi connectivity index (χ1n) is 8.13. The molecule has 0 unspecified atom stereocenters. The molecule has 0 aromatic carbocycles. The van der Waals surface area contributed by atoms with Crippen LogP contribution in [0.5, 0.6) is 0 Å². The van der Waals surface area contributed by atoms with Crippen molar-refractivity contribution in [3.8, 4) is 10.6 Å². The highest BCUT2D eigenvalue weighted by atomic mass is 32.2. The molecule has 1 fully saturated rings. The van der Waals surface area contributed by atoms with Crippen LogP contribution in [-0.4, -0.2) is 40.8 Å². The van der Waals surface area contributed by atoms with Crippen LogP contribution in [0.2, 0.25) is 0 Å². The summed E-state index contributed by atoms with van der Waals surface area (Å²) in [6.07, 6.45) is 2.19. The Morgan fingerprint density at radius 1 is 1.33 bits per heavy atom. The zero-order valence-corrected chi connectivity index (χ0v) is 15.2. The van der Waals surface area contributed by atoms with E-state index in [4.69, 9.17) is 0 Å². The van der Waals surface area contributed by atoms with Crippen LogP contribution in [0.1, 0.15) is 26.2 Å². The van der Waals surface area contributed by atoms with Gasteiger partial charge in [-0.3, -0.25) is 4.79 Å². The third-order valence-electron chi connectivity index (χ3n) is 4.17. The molecular weight excluding hydrogens is 346 g/mol. The maximum Gasteiger partial charge on any atom is 0.266 e. The Labute approximate surface area is 145 Å². The third kappa shape index (κ3) is 3.60. The summed E-state index contributed by atoms with van der Waals surface area (Å²) in [5, 5.41) is 6.39. The summed E-state index contributed by atoms with van der Waals surface area (Å²) in [6.45, 7) is 2.70. The van der Waals surface area contributed by atoms with Crippen LogP contribution < -0.4 is 5.56 Å². The van der Waals surface area contributed by atoms with E-state index < -0.39 is 10.0 Å². The molecule has 0 amide bonds. The number of hydrogen-bond donors (Lipinski definition) is 0. The second-order valence-electron chi connectivity index (χ2n) is 5.94. The van der Waals surface area contributed by atoms with Gasteiger partial charge in [0.2, 0.25) is 10.0 Å². The molecule has 24 heavy (non-hydrogen) atoms. The van der Waals surface area contributed by atoms with Gasteiger partial charge in [0.25, 0.3) is 5.56 Å². The Hall–Kier alpha value is -1.51. The fraction of sp³-hybridized carbons (Fsp3) is 0.500. The van der Waals surface area contributed by atoms with Crippen molar-refractivity contribution < 1.29 is 8.42 Å². The van der Waals surface area contributed by atoms with E-state index in [9.17, 15) is 13.2 Å². The maximum atomic E-state index is 12.4. The normalized spacial score (nSPS) is 19.0. The van der Waals surface area contributed by atoms with Crippen LogP contribution in [-0.2, 0) is 16.6 Å². The van der Waals surface area contributed by atoms with Crippen molar-refractivity contribution >= 4 is 21.4 Å². The number of nitrogens with zero attached hydrogens (tertiary/aromatic N) is 3. The topological polar surface area (TPSA) is 72.3 Å². The molecule has 1 aliphatic rings. The second kappa shape index (κ2) is 7.16. The largest absolute Gasteiger partial charge is 0.268 e. The smallest absolute Gasteiger partial charge is 0.266 e. The molecule has 8 heteroatoms. The number of rotatable bonds is 6. The van der Waals surface area contributed by atoms with Gasteiger partial charge in [-0.15, -0.1) is 11.3 Å². The quantitative estimate of drug-likeness (QED) is 0.784. The van der Waals surface area contributed by atoms with E-state index in [1.807, 2.05) is 24.4 Å².